The summed E-state index contributed by atoms with van der Waals surface area (Å²) in [5, 5.41) is 11.2. The van der Waals surface area contributed by atoms with E-state index >= 15 is 0 Å². The van der Waals surface area contributed by atoms with Crippen LogP contribution in [0.3, 0.4) is 0 Å². The third-order valence-corrected chi connectivity index (χ3v) is 10.1. The van der Waals surface area contributed by atoms with Gasteiger partial charge in [0.05, 0.1) is 24.4 Å². The fourth-order valence-electron chi connectivity index (χ4n) is 5.92. The summed E-state index contributed by atoms with van der Waals surface area (Å²) < 4.78 is 7.10. The summed E-state index contributed by atoms with van der Waals surface area (Å²) in [4.78, 5) is 42.3. The van der Waals surface area contributed by atoms with Crippen molar-refractivity contribution in [2.24, 2.45) is 11.1 Å². The largest absolute Gasteiger partial charge is 0.493 e. The van der Waals surface area contributed by atoms with Crippen LogP contribution >= 0.6 is 23.4 Å². The molecule has 2 aromatic heterocycles. The number of hydrogen-bond donors (Lipinski definition) is 3. The Hall–Kier alpha value is -3.19. The van der Waals surface area contributed by atoms with Gasteiger partial charge in [-0.05, 0) is 37.3 Å². The van der Waals surface area contributed by atoms with Crippen LogP contribution in [0.15, 0.2) is 39.1 Å². The van der Waals surface area contributed by atoms with Crippen molar-refractivity contribution in [3.8, 4) is 5.88 Å². The topological polar surface area (TPSA) is 162 Å². The summed E-state index contributed by atoms with van der Waals surface area (Å²) in [6.07, 6.45) is 5.72. The van der Waals surface area contributed by atoms with Gasteiger partial charge in [0, 0.05) is 48.8 Å². The number of piperidine rings is 1. The first-order valence-corrected chi connectivity index (χ1v) is 15.0. The van der Waals surface area contributed by atoms with Gasteiger partial charge in [0.2, 0.25) is 5.88 Å². The molecular weight excluding hydrogens is 566 g/mol. The number of anilines is 2. The second-order valence-electron chi connectivity index (χ2n) is 11.0. The number of nitrogens with two attached hydrogens (primary N) is 2. The van der Waals surface area contributed by atoms with Gasteiger partial charge in [-0.25, -0.2) is 9.97 Å². The Labute approximate surface area is 246 Å². The Balaban J connectivity index is 1.16. The van der Waals surface area contributed by atoms with Gasteiger partial charge in [0.1, 0.15) is 22.2 Å². The molecule has 2 saturated heterocycles. The Bertz CT molecular complexity index is 1560. The number of aromatic hydroxyl groups is 1. The number of nitrogens with zero attached hydrogens (tertiary/aromatic N) is 5. The normalized spacial score (nSPS) is 19.9. The zero-order valence-electron chi connectivity index (χ0n) is 22.5. The minimum absolute atomic E-state index is 0.0394. The van der Waals surface area contributed by atoms with Crippen molar-refractivity contribution in [1.82, 2.24) is 19.5 Å². The zero-order chi connectivity index (χ0) is 28.7. The van der Waals surface area contributed by atoms with Gasteiger partial charge in [0.15, 0.2) is 11.6 Å². The second-order valence-corrected chi connectivity index (χ2v) is 12.4. The molecule has 5 N–H and O–H groups in total. The van der Waals surface area contributed by atoms with E-state index in [2.05, 4.69) is 19.9 Å². The van der Waals surface area contributed by atoms with Gasteiger partial charge < -0.3 is 26.2 Å². The molecule has 1 spiro atoms. The predicted molar refractivity (Wildman–Crippen MR) is 156 cm³/mol. The summed E-state index contributed by atoms with van der Waals surface area (Å²) in [5.74, 6) is 0.435. The highest BCUT2D eigenvalue weighted by atomic mass is 35.5. The molecule has 5 heterocycles. The van der Waals surface area contributed by atoms with E-state index in [0.29, 0.717) is 58.3 Å². The summed E-state index contributed by atoms with van der Waals surface area (Å²) >= 11 is 7.96. The Morgan fingerprint density at radius 3 is 2.76 bits per heavy atom. The second kappa shape index (κ2) is 11.2. The fourth-order valence-corrected chi connectivity index (χ4v) is 7.06. The van der Waals surface area contributed by atoms with Crippen LogP contribution in [-0.4, -0.2) is 62.8 Å². The maximum Gasteiger partial charge on any atom is 0.268 e. The van der Waals surface area contributed by atoms with Crippen molar-refractivity contribution in [2.75, 3.05) is 36.9 Å². The van der Waals surface area contributed by atoms with Crippen LogP contribution in [-0.2, 0) is 24.1 Å². The minimum Gasteiger partial charge on any atom is -0.493 e. The van der Waals surface area contributed by atoms with Gasteiger partial charge in [-0.1, -0.05) is 35.5 Å². The zero-order valence-corrected chi connectivity index (χ0v) is 24.1. The lowest BCUT2D eigenvalue weighted by atomic mass is 9.75. The van der Waals surface area contributed by atoms with E-state index in [4.69, 9.17) is 27.8 Å². The molecule has 13 heteroatoms. The monoisotopic (exact) mass is 597 g/mol. The van der Waals surface area contributed by atoms with Gasteiger partial charge in [-0.3, -0.25) is 14.2 Å². The molecule has 41 heavy (non-hydrogen) atoms. The molecule has 0 bridgehead atoms. The predicted octanol–water partition coefficient (Wildman–Crippen LogP) is 2.83. The van der Waals surface area contributed by atoms with E-state index in [1.165, 1.54) is 16.3 Å². The number of hydrogen-bond acceptors (Lipinski definition) is 11. The molecular formula is C28H32ClN7O4S. The van der Waals surface area contributed by atoms with Crippen LogP contribution < -0.4 is 21.9 Å². The number of aryl methyl sites for hydroxylation is 1. The summed E-state index contributed by atoms with van der Waals surface area (Å²) in [6, 6.07) is 5.36. The number of nitrogen functional groups attached to an aromatic ring is 1. The molecule has 0 unspecified atom stereocenters. The van der Waals surface area contributed by atoms with Crippen molar-refractivity contribution in [3.05, 3.63) is 56.7 Å². The number of fused-ring (bicyclic) bond motifs is 1. The van der Waals surface area contributed by atoms with Gasteiger partial charge >= 0.3 is 0 Å². The number of ether oxygens (including phenoxy) is 1. The minimum atomic E-state index is -0.540. The number of aromatic nitrogens is 4. The smallest absolute Gasteiger partial charge is 0.268 e. The third kappa shape index (κ3) is 5.29. The number of rotatable bonds is 6. The Kier molecular flexibility index (Phi) is 7.66. The van der Waals surface area contributed by atoms with E-state index in [9.17, 15) is 14.7 Å². The molecule has 11 nitrogen and oxygen atoms in total. The highest BCUT2D eigenvalue weighted by Crippen LogP contribution is 2.40. The fraction of sp³-hybridized carbons (Fsp3) is 0.464. The average Bonchev–Trinajstić information content (AvgIpc) is 3.31. The van der Waals surface area contributed by atoms with Crippen LogP contribution in [0.25, 0.3) is 0 Å². The highest BCUT2D eigenvalue weighted by Gasteiger charge is 2.44. The van der Waals surface area contributed by atoms with Crippen LogP contribution in [0.1, 0.15) is 47.4 Å². The molecule has 216 valence electrons. The van der Waals surface area contributed by atoms with Gasteiger partial charge in [0.25, 0.3) is 5.56 Å². The lowest BCUT2D eigenvalue weighted by molar-refractivity contribution is 0.0987. The lowest BCUT2D eigenvalue weighted by Gasteiger charge is -2.41. The number of ketones is 1. The number of halogens is 1. The standard InChI is InChI=1S/C28H32ClN7O4S/c29-23-16(12-17(37)22-25(38)34-20-6-1-2-9-36(20)27(22)39)4-3-5-18(23)41-26-24(31)33-21(13-32-26)35-10-7-28(8-11-35)15-40-14-19(28)30/h3-5,13,19,38H,1-2,6-12,14-15,30H2,(H2,31,33)/t19-/m1/s1. The molecule has 1 aromatic carbocycles. The quantitative estimate of drug-likeness (QED) is 0.358. The first kappa shape index (κ1) is 28.0. The van der Waals surface area contributed by atoms with Crippen LogP contribution in [0.2, 0.25) is 5.02 Å². The van der Waals surface area contributed by atoms with E-state index in [1.54, 1.807) is 24.4 Å². The molecule has 1 atom stereocenters. The van der Waals surface area contributed by atoms with Crippen molar-refractivity contribution < 1.29 is 14.6 Å². The summed E-state index contributed by atoms with van der Waals surface area (Å²) in [6.45, 7) is 3.41. The summed E-state index contributed by atoms with van der Waals surface area (Å²) in [5.41, 5.74) is 12.4. The SMILES string of the molecule is Nc1nc(N2CCC3(CC2)COC[C@H]3N)cnc1Sc1cccc(CC(=O)c2c(O)nc3n(c2=O)CCCC3)c1Cl. The lowest BCUT2D eigenvalue weighted by Crippen LogP contribution is -2.49. The van der Waals surface area contributed by atoms with E-state index < -0.39 is 17.2 Å². The van der Waals surface area contributed by atoms with Crippen molar-refractivity contribution in [1.29, 1.82) is 0 Å². The van der Waals surface area contributed by atoms with Crippen molar-refractivity contribution >= 4 is 40.8 Å². The first-order chi connectivity index (χ1) is 19.8. The summed E-state index contributed by atoms with van der Waals surface area (Å²) in [7, 11) is 0. The van der Waals surface area contributed by atoms with E-state index in [1.807, 2.05) is 0 Å². The number of benzene rings is 1. The highest BCUT2D eigenvalue weighted by molar-refractivity contribution is 7.99. The molecule has 3 aliphatic heterocycles. The molecule has 6 rings (SSSR count). The van der Waals surface area contributed by atoms with Gasteiger partial charge in [-0.2, -0.15) is 4.98 Å². The maximum absolute atomic E-state index is 13.2. The molecule has 0 amide bonds. The average molecular weight is 598 g/mol. The van der Waals surface area contributed by atoms with Crippen LogP contribution in [0.5, 0.6) is 5.88 Å². The molecule has 3 aromatic rings. The number of carbonyl (C=O) groups is 1. The first-order valence-electron chi connectivity index (χ1n) is 13.8. The van der Waals surface area contributed by atoms with E-state index in [0.717, 1.165) is 38.8 Å². The molecule has 0 radical (unpaired) electrons. The van der Waals surface area contributed by atoms with Crippen LogP contribution in [0.4, 0.5) is 11.6 Å². The third-order valence-electron chi connectivity index (χ3n) is 8.45. The number of carbonyl (C=O) groups excluding carboxylic acids is 1. The number of Topliss-reactive ketones (excluding diaryl/α,β-unsaturated/α-hetero) is 1. The Morgan fingerprint density at radius 2 is 2.02 bits per heavy atom. The Morgan fingerprint density at radius 1 is 1.22 bits per heavy atom. The van der Waals surface area contributed by atoms with Gasteiger partial charge in [-0.15, -0.1) is 0 Å². The van der Waals surface area contributed by atoms with Crippen LogP contribution in [0, 0.1) is 5.41 Å². The molecule has 0 saturated carbocycles. The van der Waals surface area contributed by atoms with Crippen molar-refractivity contribution in [2.45, 2.75) is 61.0 Å². The molecule has 2 fully saturated rings. The molecule has 0 aliphatic carbocycles. The molecule has 3 aliphatic rings. The maximum atomic E-state index is 13.2. The van der Waals surface area contributed by atoms with Crippen molar-refractivity contribution in [3.63, 3.8) is 0 Å². The van der Waals surface area contributed by atoms with E-state index in [-0.39, 0.29) is 29.3 Å².